The van der Waals surface area contributed by atoms with Crippen LogP contribution in [0.3, 0.4) is 0 Å². The first-order chi connectivity index (χ1) is 1.41. The Bertz CT molecular complexity index is 29.5. The van der Waals surface area contributed by atoms with E-state index in [0.29, 0.717) is 0 Å². The van der Waals surface area contributed by atoms with E-state index < -0.39 is 0 Å². The molecule has 0 amide bonds. The van der Waals surface area contributed by atoms with Crippen molar-refractivity contribution in [3.63, 3.8) is 0 Å². The summed E-state index contributed by atoms with van der Waals surface area (Å²) in [6, 6.07) is 0. The number of nitrogens with zero attached hydrogens (tertiary/aromatic N) is 1. The fourth-order valence-electron chi connectivity index (χ4n) is 0. The Kier molecular flexibility index (Phi) is 20.1. The molecule has 0 rings (SSSR count). The number of rotatable bonds is 0. The van der Waals surface area contributed by atoms with Crippen LogP contribution in [0.2, 0.25) is 0 Å². The summed E-state index contributed by atoms with van der Waals surface area (Å²) in [5, 5.41) is 7.21. The molecule has 0 aromatic heterocycles. The third-order valence-corrected chi connectivity index (χ3v) is 0. The van der Waals surface area contributed by atoms with Crippen molar-refractivity contribution in [3.05, 3.63) is 0 Å². The first-order valence-corrected chi connectivity index (χ1v) is 0.952. The standard InChI is InChI=1S/CN.Fe.Pb.2H/c1-2;;;;. The Morgan fingerprint density at radius 2 is 1.75 bits per heavy atom. The molecule has 0 fully saturated rings. The summed E-state index contributed by atoms with van der Waals surface area (Å²) in [4.78, 5) is 1.50. The molecule has 3 heteroatoms. The van der Waals surface area contributed by atoms with E-state index in [0.717, 1.165) is 0 Å². The summed E-state index contributed by atoms with van der Waals surface area (Å²) in [5.74, 6) is 0. The quantitative estimate of drug-likeness (QED) is 0.531. The molecule has 1 nitrogen and oxygen atoms in total. The van der Waals surface area contributed by atoms with Crippen LogP contribution in [0, 0.1) is 10.2 Å². The molecule has 0 aromatic rings. The summed E-state index contributed by atoms with van der Waals surface area (Å²) >= 11 is 2.79. The topological polar surface area (TPSA) is 23.8 Å². The van der Waals surface area contributed by atoms with E-state index in [1.165, 1.54) is 4.97 Å². The number of nitriles is 1. The predicted octanol–water partition coefficient (Wildman–Crippen LogP) is -0.902. The van der Waals surface area contributed by atoms with E-state index in [9.17, 15) is 0 Å². The van der Waals surface area contributed by atoms with Gasteiger partial charge in [0.15, 0.2) is 0 Å². The van der Waals surface area contributed by atoms with Crippen molar-refractivity contribution in [2.24, 2.45) is 0 Å². The molecular weight excluding hydrogens is 289 g/mol. The zero-order valence-corrected chi connectivity index (χ0v) is 8.61. The van der Waals surface area contributed by atoms with Crippen LogP contribution in [0.4, 0.5) is 0 Å². The summed E-state index contributed by atoms with van der Waals surface area (Å²) in [6.45, 7) is 0. The van der Waals surface area contributed by atoms with E-state index in [1.54, 1.807) is 0 Å². The average molecular weight is 291 g/mol. The molecule has 0 saturated carbocycles. The van der Waals surface area contributed by atoms with Crippen LogP contribution < -0.4 is 0 Å². The molecule has 2 radical (unpaired) electrons. The van der Waals surface area contributed by atoms with Gasteiger partial charge in [-0.2, -0.15) is 0 Å². The molecule has 0 aromatic carbocycles. The molecule has 0 unspecified atom stereocenters. The molecule has 4 heavy (non-hydrogen) atoms. The third kappa shape index (κ3) is 12.6. The molecule has 0 atom stereocenters. The van der Waals surface area contributed by atoms with Gasteiger partial charge in [0.05, 0.1) is 0 Å². The van der Waals surface area contributed by atoms with Gasteiger partial charge in [0.25, 0.3) is 0 Å². The van der Waals surface area contributed by atoms with Crippen LogP contribution in [-0.4, -0.2) is 27.3 Å². The van der Waals surface area contributed by atoms with Gasteiger partial charge in [-0.05, 0) is 0 Å². The molecule has 0 aliphatic rings. The molecule has 0 N–H and O–H groups in total. The first kappa shape index (κ1) is 8.87. The monoisotopic (exact) mass is 292 g/mol. The fraction of sp³-hybridized carbons (Fsp3) is 0. The van der Waals surface area contributed by atoms with E-state index in [-0.39, 0.29) is 27.3 Å². The first-order valence-electron chi connectivity index (χ1n) is 0.400. The van der Waals surface area contributed by atoms with Crippen LogP contribution in [0.1, 0.15) is 0 Å². The third-order valence-electron chi connectivity index (χ3n) is 0. The second-order valence-electron chi connectivity index (χ2n) is 0.0791. The Morgan fingerprint density at radius 1 is 1.75 bits per heavy atom. The van der Waals surface area contributed by atoms with Gasteiger partial charge in [-0.1, -0.05) is 0 Å². The van der Waals surface area contributed by atoms with Gasteiger partial charge in [0.1, 0.15) is 0 Å². The Balaban J connectivity index is 0. The zero-order chi connectivity index (χ0) is 2.71. The molecular formula is CH2FeNPb. The molecule has 0 aliphatic carbocycles. The zero-order valence-electron chi connectivity index (χ0n) is 2.01. The van der Waals surface area contributed by atoms with Crippen LogP contribution in [0.25, 0.3) is 0 Å². The second-order valence-corrected chi connectivity index (χ2v) is 0.326. The van der Waals surface area contributed by atoms with Crippen LogP contribution in [0.15, 0.2) is 0 Å². The SMILES string of the molecule is N#[C][Fe].[PbH2]. The van der Waals surface area contributed by atoms with Gasteiger partial charge in [-0.15, -0.1) is 0 Å². The number of hydrogen-bond donors (Lipinski definition) is 0. The normalized spacial score (nSPS) is 2.00. The van der Waals surface area contributed by atoms with Crippen molar-refractivity contribution in [1.82, 2.24) is 0 Å². The van der Waals surface area contributed by atoms with Crippen molar-refractivity contribution < 1.29 is 16.0 Å². The Morgan fingerprint density at radius 3 is 1.75 bits per heavy atom. The van der Waals surface area contributed by atoms with Gasteiger partial charge >= 0.3 is 53.5 Å². The fourth-order valence-corrected chi connectivity index (χ4v) is 0. The van der Waals surface area contributed by atoms with E-state index in [2.05, 4.69) is 16.0 Å². The minimum atomic E-state index is 0. The predicted molar refractivity (Wildman–Crippen MR) is 14.2 cm³/mol. The summed E-state index contributed by atoms with van der Waals surface area (Å²) in [5.41, 5.74) is 0. The van der Waals surface area contributed by atoms with E-state index >= 15 is 0 Å². The van der Waals surface area contributed by atoms with Gasteiger partial charge in [0.2, 0.25) is 0 Å². The minimum absolute atomic E-state index is 0. The maximum atomic E-state index is 7.21. The molecule has 23 valence electrons. The maximum absolute atomic E-state index is 7.21. The van der Waals surface area contributed by atoms with Crippen molar-refractivity contribution in [3.8, 4) is 4.97 Å². The molecule has 0 bridgehead atoms. The molecule has 0 aliphatic heterocycles. The summed E-state index contributed by atoms with van der Waals surface area (Å²) in [6.07, 6.45) is 0. The van der Waals surface area contributed by atoms with Gasteiger partial charge < -0.3 is 0 Å². The second kappa shape index (κ2) is 9.06. The van der Waals surface area contributed by atoms with Gasteiger partial charge in [0, 0.05) is 0 Å². The van der Waals surface area contributed by atoms with Crippen LogP contribution >= 0.6 is 0 Å². The summed E-state index contributed by atoms with van der Waals surface area (Å²) in [7, 11) is 0. The van der Waals surface area contributed by atoms with Crippen LogP contribution in [-0.2, 0) is 16.0 Å². The number of hydrogen-bond acceptors (Lipinski definition) is 1. The molecule has 0 saturated heterocycles. The Labute approximate surface area is 53.3 Å². The van der Waals surface area contributed by atoms with Crippen molar-refractivity contribution in [1.29, 1.82) is 5.26 Å². The van der Waals surface area contributed by atoms with Gasteiger partial charge in [-0.25, -0.2) is 0 Å². The van der Waals surface area contributed by atoms with Crippen molar-refractivity contribution in [2.75, 3.05) is 0 Å². The Hall–Kier alpha value is 0.932. The van der Waals surface area contributed by atoms with Crippen LogP contribution in [0.5, 0.6) is 0 Å². The average Bonchev–Trinajstić information content (AvgIpc) is 0.918. The molecule has 0 spiro atoms. The van der Waals surface area contributed by atoms with E-state index in [4.69, 9.17) is 5.26 Å². The molecule has 0 heterocycles. The van der Waals surface area contributed by atoms with Gasteiger partial charge in [-0.3, -0.25) is 0 Å². The van der Waals surface area contributed by atoms with E-state index in [1.807, 2.05) is 0 Å². The van der Waals surface area contributed by atoms with Crippen molar-refractivity contribution in [2.45, 2.75) is 0 Å². The van der Waals surface area contributed by atoms with Crippen molar-refractivity contribution >= 4 is 27.3 Å². The summed E-state index contributed by atoms with van der Waals surface area (Å²) < 4.78 is 0.